The molecule has 0 aliphatic heterocycles. The molecule has 2 aromatic heterocycles. The van der Waals surface area contributed by atoms with Crippen LogP contribution in [0.15, 0.2) is 30.7 Å². The summed E-state index contributed by atoms with van der Waals surface area (Å²) in [6.07, 6.45) is 5.34. The fourth-order valence-corrected chi connectivity index (χ4v) is 0.764. The average molecular weight is 151 g/mol. The van der Waals surface area contributed by atoms with Gasteiger partial charge in [-0.05, 0) is 6.07 Å². The number of hydrogen-bond acceptors (Lipinski definition) is 3. The van der Waals surface area contributed by atoms with Crippen LogP contribution in [0.5, 0.6) is 0 Å². The molecule has 0 radical (unpaired) electrons. The van der Waals surface area contributed by atoms with Gasteiger partial charge in [0.1, 0.15) is 0 Å². The minimum atomic E-state index is 0.887. The van der Waals surface area contributed by atoms with Gasteiger partial charge in [-0.3, -0.25) is 0 Å². The first kappa shape index (κ1) is 7.68. The van der Waals surface area contributed by atoms with Crippen LogP contribution in [0.4, 0.5) is 0 Å². The van der Waals surface area contributed by atoms with Crippen LogP contribution in [0.2, 0.25) is 0 Å². The van der Waals surface area contributed by atoms with Crippen LogP contribution in [0.3, 0.4) is 0 Å². The second-order valence-electron chi connectivity index (χ2n) is 1.75. The van der Waals surface area contributed by atoms with Crippen molar-refractivity contribution >= 4 is 5.65 Å². The Labute approximate surface area is 64.1 Å². The monoisotopic (exact) mass is 151 g/mol. The number of fused-ring (bicyclic) bond motifs is 1. The van der Waals surface area contributed by atoms with E-state index in [4.69, 9.17) is 5.11 Å². The maximum absolute atomic E-state index is 7.00. The molecule has 1 N–H and O–H groups in total. The molecule has 0 atom stereocenters. The van der Waals surface area contributed by atoms with Crippen molar-refractivity contribution in [2.45, 2.75) is 0 Å². The fourth-order valence-electron chi connectivity index (χ4n) is 0.764. The minimum Gasteiger partial charge on any atom is -0.400 e. The van der Waals surface area contributed by atoms with Gasteiger partial charge in [0.05, 0.1) is 6.20 Å². The molecule has 0 aliphatic rings. The molecule has 58 valence electrons. The van der Waals surface area contributed by atoms with E-state index in [2.05, 4.69) is 10.1 Å². The summed E-state index contributed by atoms with van der Waals surface area (Å²) in [4.78, 5) is 4.04. The Balaban J connectivity index is 0.000000281. The zero-order valence-corrected chi connectivity index (χ0v) is 6.18. The van der Waals surface area contributed by atoms with Crippen molar-refractivity contribution in [3.8, 4) is 0 Å². The quantitative estimate of drug-likeness (QED) is 0.590. The summed E-state index contributed by atoms with van der Waals surface area (Å²) in [6, 6.07) is 3.71. The molecule has 4 heteroatoms. The van der Waals surface area contributed by atoms with Gasteiger partial charge in [-0.1, -0.05) is 0 Å². The molecule has 0 fully saturated rings. The molecule has 0 spiro atoms. The van der Waals surface area contributed by atoms with Crippen molar-refractivity contribution in [2.75, 3.05) is 7.11 Å². The van der Waals surface area contributed by atoms with E-state index in [1.54, 1.807) is 16.9 Å². The van der Waals surface area contributed by atoms with E-state index < -0.39 is 0 Å². The lowest BCUT2D eigenvalue weighted by molar-refractivity contribution is 0.399. The topological polar surface area (TPSA) is 50.4 Å². The number of aliphatic hydroxyl groups excluding tert-OH is 1. The maximum atomic E-state index is 7.00. The van der Waals surface area contributed by atoms with Crippen LogP contribution in [-0.4, -0.2) is 26.8 Å². The number of aromatic nitrogens is 3. The first-order valence-electron chi connectivity index (χ1n) is 3.16. The Morgan fingerprint density at radius 1 is 1.36 bits per heavy atom. The number of aliphatic hydroxyl groups is 1. The van der Waals surface area contributed by atoms with Gasteiger partial charge in [-0.15, -0.1) is 0 Å². The van der Waals surface area contributed by atoms with Gasteiger partial charge >= 0.3 is 0 Å². The molecule has 0 amide bonds. The Kier molecular flexibility index (Phi) is 2.57. The van der Waals surface area contributed by atoms with Crippen LogP contribution >= 0.6 is 0 Å². The second kappa shape index (κ2) is 3.68. The van der Waals surface area contributed by atoms with Crippen molar-refractivity contribution in [1.82, 2.24) is 14.6 Å². The van der Waals surface area contributed by atoms with Gasteiger partial charge in [-0.2, -0.15) is 5.10 Å². The van der Waals surface area contributed by atoms with E-state index in [0.717, 1.165) is 12.8 Å². The lowest BCUT2D eigenvalue weighted by Crippen LogP contribution is -1.85. The molecule has 0 saturated carbocycles. The number of nitrogens with zero attached hydrogens (tertiary/aromatic N) is 3. The van der Waals surface area contributed by atoms with Crippen LogP contribution in [-0.2, 0) is 0 Å². The molecular formula is C7H9N3O. The van der Waals surface area contributed by atoms with E-state index in [1.165, 1.54) is 0 Å². The number of hydrogen-bond donors (Lipinski definition) is 1. The van der Waals surface area contributed by atoms with Crippen LogP contribution in [0.1, 0.15) is 0 Å². The Morgan fingerprint density at radius 2 is 2.18 bits per heavy atom. The van der Waals surface area contributed by atoms with Crippen molar-refractivity contribution < 1.29 is 5.11 Å². The van der Waals surface area contributed by atoms with Crippen molar-refractivity contribution in [2.24, 2.45) is 0 Å². The molecule has 0 bridgehead atoms. The highest BCUT2D eigenvalue weighted by Gasteiger charge is 1.86. The summed E-state index contributed by atoms with van der Waals surface area (Å²) in [7, 11) is 1.00. The molecular weight excluding hydrogens is 142 g/mol. The van der Waals surface area contributed by atoms with Gasteiger partial charge in [-0.25, -0.2) is 9.50 Å². The summed E-state index contributed by atoms with van der Waals surface area (Å²) in [6.45, 7) is 0. The largest absolute Gasteiger partial charge is 0.400 e. The Morgan fingerprint density at radius 3 is 2.91 bits per heavy atom. The lowest BCUT2D eigenvalue weighted by Gasteiger charge is -1.85. The van der Waals surface area contributed by atoms with Crippen LogP contribution in [0.25, 0.3) is 5.65 Å². The third-order valence-corrected chi connectivity index (χ3v) is 1.17. The molecule has 2 aromatic rings. The van der Waals surface area contributed by atoms with E-state index in [9.17, 15) is 0 Å². The molecule has 4 nitrogen and oxygen atoms in total. The summed E-state index contributed by atoms with van der Waals surface area (Å²) in [5.41, 5.74) is 0.887. The predicted molar refractivity (Wildman–Crippen MR) is 41.1 cm³/mol. The first-order chi connectivity index (χ1) is 5.47. The predicted octanol–water partition coefficient (Wildman–Crippen LogP) is 0.338. The SMILES string of the molecule is CO.c1cnc2ccnn2c1. The van der Waals surface area contributed by atoms with Crippen molar-refractivity contribution in [3.63, 3.8) is 0 Å². The lowest BCUT2D eigenvalue weighted by atomic mass is 10.6. The molecule has 2 heterocycles. The molecule has 0 aromatic carbocycles. The van der Waals surface area contributed by atoms with Gasteiger partial charge in [0.15, 0.2) is 5.65 Å². The highest BCUT2D eigenvalue weighted by atomic mass is 16.2. The zero-order chi connectivity index (χ0) is 8.10. The van der Waals surface area contributed by atoms with E-state index in [0.29, 0.717) is 0 Å². The molecule has 11 heavy (non-hydrogen) atoms. The van der Waals surface area contributed by atoms with E-state index in [1.807, 2.05) is 18.3 Å². The van der Waals surface area contributed by atoms with Gasteiger partial charge in [0.2, 0.25) is 0 Å². The minimum absolute atomic E-state index is 0.887. The van der Waals surface area contributed by atoms with Gasteiger partial charge < -0.3 is 5.11 Å². The van der Waals surface area contributed by atoms with Gasteiger partial charge in [0, 0.05) is 25.6 Å². The Bertz CT molecular complexity index is 288. The van der Waals surface area contributed by atoms with Crippen molar-refractivity contribution in [1.29, 1.82) is 0 Å². The third-order valence-electron chi connectivity index (χ3n) is 1.17. The molecule has 0 saturated heterocycles. The highest BCUT2D eigenvalue weighted by Crippen LogP contribution is 1.93. The molecule has 0 unspecified atom stereocenters. The number of rotatable bonds is 0. The van der Waals surface area contributed by atoms with E-state index >= 15 is 0 Å². The normalized spacial score (nSPS) is 8.91. The Hall–Kier alpha value is -1.42. The molecule has 0 aliphatic carbocycles. The highest BCUT2D eigenvalue weighted by molar-refractivity contribution is 5.33. The average Bonchev–Trinajstić information content (AvgIpc) is 2.55. The first-order valence-corrected chi connectivity index (χ1v) is 3.16. The van der Waals surface area contributed by atoms with Crippen LogP contribution in [0, 0.1) is 0 Å². The van der Waals surface area contributed by atoms with Crippen molar-refractivity contribution in [3.05, 3.63) is 30.7 Å². The second-order valence-corrected chi connectivity index (χ2v) is 1.75. The van der Waals surface area contributed by atoms with E-state index in [-0.39, 0.29) is 0 Å². The standard InChI is InChI=1S/C6H5N3.CH4O/c1-3-7-6-2-4-8-9(6)5-1;1-2/h1-5H;2H,1H3. The maximum Gasteiger partial charge on any atom is 0.154 e. The fraction of sp³-hybridized carbons (Fsp3) is 0.143. The van der Waals surface area contributed by atoms with Crippen LogP contribution < -0.4 is 0 Å². The smallest absolute Gasteiger partial charge is 0.154 e. The summed E-state index contributed by atoms with van der Waals surface area (Å²) in [5, 5.41) is 11.0. The third kappa shape index (κ3) is 1.53. The summed E-state index contributed by atoms with van der Waals surface area (Å²) < 4.78 is 1.72. The van der Waals surface area contributed by atoms with Gasteiger partial charge in [0.25, 0.3) is 0 Å². The summed E-state index contributed by atoms with van der Waals surface area (Å²) >= 11 is 0. The molecule has 2 rings (SSSR count). The zero-order valence-electron chi connectivity index (χ0n) is 6.18. The summed E-state index contributed by atoms with van der Waals surface area (Å²) in [5.74, 6) is 0.